The summed E-state index contributed by atoms with van der Waals surface area (Å²) in [6.07, 6.45) is 0. The molecular weight excluding hydrogens is 280 g/mol. The standard InChI is InChI=1S/C18H16O4/c1-11-16(12-7-5-4-6-8-12)18(19)22-15-10-13(20-2)9-14(21-3)17(11)15/h4-10H,1-3H3. The number of methoxy groups -OCH3 is 2. The third-order valence-electron chi connectivity index (χ3n) is 3.71. The van der Waals surface area contributed by atoms with Crippen molar-refractivity contribution in [3.05, 3.63) is 58.4 Å². The topological polar surface area (TPSA) is 48.7 Å². The first-order valence-electron chi connectivity index (χ1n) is 6.90. The summed E-state index contributed by atoms with van der Waals surface area (Å²) in [6, 6.07) is 13.0. The maximum absolute atomic E-state index is 12.4. The van der Waals surface area contributed by atoms with E-state index in [0.717, 1.165) is 16.5 Å². The van der Waals surface area contributed by atoms with Gasteiger partial charge in [0.25, 0.3) is 0 Å². The second kappa shape index (κ2) is 5.56. The van der Waals surface area contributed by atoms with Crippen molar-refractivity contribution in [1.82, 2.24) is 0 Å². The van der Waals surface area contributed by atoms with E-state index >= 15 is 0 Å². The first-order chi connectivity index (χ1) is 10.7. The van der Waals surface area contributed by atoms with E-state index in [-0.39, 0.29) is 5.63 Å². The van der Waals surface area contributed by atoms with Crippen LogP contribution in [0.2, 0.25) is 0 Å². The molecule has 0 atom stereocenters. The highest BCUT2D eigenvalue weighted by Crippen LogP contribution is 2.35. The van der Waals surface area contributed by atoms with Gasteiger partial charge in [-0.2, -0.15) is 0 Å². The molecule has 0 fully saturated rings. The summed E-state index contributed by atoms with van der Waals surface area (Å²) in [5, 5.41) is 0.779. The Morgan fingerprint density at radius 1 is 1.00 bits per heavy atom. The molecule has 0 amide bonds. The summed E-state index contributed by atoms with van der Waals surface area (Å²) in [5.74, 6) is 1.20. The molecule has 3 aromatic rings. The average Bonchev–Trinajstić information content (AvgIpc) is 2.54. The summed E-state index contributed by atoms with van der Waals surface area (Å²) < 4.78 is 16.2. The molecule has 22 heavy (non-hydrogen) atoms. The number of hydrogen-bond donors (Lipinski definition) is 0. The molecule has 0 saturated heterocycles. The Morgan fingerprint density at radius 3 is 2.36 bits per heavy atom. The fourth-order valence-corrected chi connectivity index (χ4v) is 2.66. The number of hydrogen-bond acceptors (Lipinski definition) is 4. The Hall–Kier alpha value is -2.75. The Balaban J connectivity index is 2.40. The van der Waals surface area contributed by atoms with E-state index in [9.17, 15) is 4.79 Å². The van der Waals surface area contributed by atoms with Gasteiger partial charge in [-0.15, -0.1) is 0 Å². The van der Waals surface area contributed by atoms with Crippen LogP contribution in [0.1, 0.15) is 5.56 Å². The molecule has 0 N–H and O–H groups in total. The Labute approximate surface area is 127 Å². The summed E-state index contributed by atoms with van der Waals surface area (Å²) in [5.41, 5.74) is 2.30. The minimum atomic E-state index is -0.369. The molecule has 1 heterocycles. The molecule has 4 nitrogen and oxygen atoms in total. The van der Waals surface area contributed by atoms with Crippen LogP contribution in [0, 0.1) is 6.92 Å². The summed E-state index contributed by atoms with van der Waals surface area (Å²) in [6.45, 7) is 1.90. The van der Waals surface area contributed by atoms with Crippen molar-refractivity contribution in [3.8, 4) is 22.6 Å². The summed E-state index contributed by atoms with van der Waals surface area (Å²) >= 11 is 0. The van der Waals surface area contributed by atoms with E-state index in [1.807, 2.05) is 37.3 Å². The van der Waals surface area contributed by atoms with Crippen LogP contribution in [0.4, 0.5) is 0 Å². The Kier molecular flexibility index (Phi) is 3.59. The van der Waals surface area contributed by atoms with Gasteiger partial charge in [0.1, 0.15) is 17.1 Å². The molecule has 2 aromatic carbocycles. The van der Waals surface area contributed by atoms with Gasteiger partial charge >= 0.3 is 5.63 Å². The van der Waals surface area contributed by atoms with E-state index in [1.165, 1.54) is 0 Å². The molecule has 0 bridgehead atoms. The van der Waals surface area contributed by atoms with Gasteiger partial charge in [0.2, 0.25) is 0 Å². The zero-order valence-electron chi connectivity index (χ0n) is 12.7. The monoisotopic (exact) mass is 296 g/mol. The van der Waals surface area contributed by atoms with E-state index in [2.05, 4.69) is 0 Å². The molecule has 0 unspecified atom stereocenters. The van der Waals surface area contributed by atoms with Gasteiger partial charge in [-0.05, 0) is 18.1 Å². The fourth-order valence-electron chi connectivity index (χ4n) is 2.66. The zero-order chi connectivity index (χ0) is 15.7. The lowest BCUT2D eigenvalue weighted by molar-refractivity contribution is 0.396. The quantitative estimate of drug-likeness (QED) is 0.690. The van der Waals surface area contributed by atoms with Crippen molar-refractivity contribution in [2.24, 2.45) is 0 Å². The molecule has 0 saturated carbocycles. The van der Waals surface area contributed by atoms with E-state index in [0.29, 0.717) is 22.6 Å². The van der Waals surface area contributed by atoms with Gasteiger partial charge in [0.15, 0.2) is 0 Å². The van der Waals surface area contributed by atoms with Gasteiger partial charge in [0.05, 0.1) is 25.2 Å². The van der Waals surface area contributed by atoms with Crippen LogP contribution in [0.25, 0.3) is 22.1 Å². The molecule has 0 spiro atoms. The highest BCUT2D eigenvalue weighted by molar-refractivity contribution is 5.92. The highest BCUT2D eigenvalue weighted by atomic mass is 16.5. The van der Waals surface area contributed by atoms with Crippen LogP contribution in [-0.2, 0) is 0 Å². The zero-order valence-corrected chi connectivity index (χ0v) is 12.7. The highest BCUT2D eigenvalue weighted by Gasteiger charge is 2.17. The third-order valence-corrected chi connectivity index (χ3v) is 3.71. The van der Waals surface area contributed by atoms with E-state index in [4.69, 9.17) is 13.9 Å². The van der Waals surface area contributed by atoms with Crippen LogP contribution in [0.5, 0.6) is 11.5 Å². The SMILES string of the molecule is COc1cc(OC)c2c(C)c(-c3ccccc3)c(=O)oc2c1. The molecule has 112 valence electrons. The molecule has 0 aliphatic heterocycles. The number of ether oxygens (including phenoxy) is 2. The minimum Gasteiger partial charge on any atom is -0.496 e. The van der Waals surface area contributed by atoms with Crippen LogP contribution in [0.3, 0.4) is 0 Å². The van der Waals surface area contributed by atoms with E-state index < -0.39 is 0 Å². The fraction of sp³-hybridized carbons (Fsp3) is 0.167. The average molecular weight is 296 g/mol. The van der Waals surface area contributed by atoms with E-state index in [1.54, 1.807) is 26.4 Å². The minimum absolute atomic E-state index is 0.369. The van der Waals surface area contributed by atoms with Crippen LogP contribution in [0.15, 0.2) is 51.7 Å². The predicted molar refractivity (Wildman–Crippen MR) is 85.8 cm³/mol. The third kappa shape index (κ3) is 2.22. The molecule has 3 rings (SSSR count). The van der Waals surface area contributed by atoms with Crippen molar-refractivity contribution in [2.75, 3.05) is 14.2 Å². The first kappa shape index (κ1) is 14.2. The summed E-state index contributed by atoms with van der Waals surface area (Å²) in [7, 11) is 3.14. The maximum atomic E-state index is 12.4. The first-order valence-corrected chi connectivity index (χ1v) is 6.90. The molecule has 4 heteroatoms. The Morgan fingerprint density at radius 2 is 1.73 bits per heavy atom. The van der Waals surface area contributed by atoms with Crippen LogP contribution in [-0.4, -0.2) is 14.2 Å². The number of benzene rings is 2. The number of fused-ring (bicyclic) bond motifs is 1. The second-order valence-corrected chi connectivity index (χ2v) is 4.96. The Bertz CT molecular complexity index is 879. The molecular formula is C18H16O4. The predicted octanol–water partition coefficient (Wildman–Crippen LogP) is 3.79. The second-order valence-electron chi connectivity index (χ2n) is 4.96. The molecule has 0 aliphatic rings. The smallest absolute Gasteiger partial charge is 0.344 e. The number of aryl methyl sites for hydroxylation is 1. The van der Waals surface area contributed by atoms with Crippen LogP contribution >= 0.6 is 0 Å². The lowest BCUT2D eigenvalue weighted by Crippen LogP contribution is -2.06. The summed E-state index contributed by atoms with van der Waals surface area (Å²) in [4.78, 5) is 12.4. The lowest BCUT2D eigenvalue weighted by atomic mass is 9.99. The van der Waals surface area contributed by atoms with Gasteiger partial charge < -0.3 is 13.9 Å². The normalized spacial score (nSPS) is 10.7. The van der Waals surface area contributed by atoms with Gasteiger partial charge in [0, 0.05) is 12.1 Å². The van der Waals surface area contributed by atoms with Crippen molar-refractivity contribution >= 4 is 11.0 Å². The lowest BCUT2D eigenvalue weighted by Gasteiger charge is -2.12. The number of rotatable bonds is 3. The van der Waals surface area contributed by atoms with Crippen molar-refractivity contribution in [2.45, 2.75) is 6.92 Å². The van der Waals surface area contributed by atoms with Crippen molar-refractivity contribution < 1.29 is 13.9 Å². The molecule has 1 aromatic heterocycles. The van der Waals surface area contributed by atoms with Gasteiger partial charge in [-0.25, -0.2) is 4.79 Å². The molecule has 0 aliphatic carbocycles. The van der Waals surface area contributed by atoms with Gasteiger partial charge in [-0.1, -0.05) is 30.3 Å². The van der Waals surface area contributed by atoms with Crippen molar-refractivity contribution in [3.63, 3.8) is 0 Å². The largest absolute Gasteiger partial charge is 0.496 e. The maximum Gasteiger partial charge on any atom is 0.344 e. The van der Waals surface area contributed by atoms with Crippen molar-refractivity contribution in [1.29, 1.82) is 0 Å². The van der Waals surface area contributed by atoms with Gasteiger partial charge in [-0.3, -0.25) is 0 Å². The van der Waals surface area contributed by atoms with Crippen LogP contribution < -0.4 is 15.1 Å². The molecule has 0 radical (unpaired) electrons.